The van der Waals surface area contributed by atoms with Gasteiger partial charge >= 0.3 is 5.97 Å². The minimum atomic E-state index is -1.18. The molecule has 0 aromatic heterocycles. The van der Waals surface area contributed by atoms with Gasteiger partial charge in [-0.1, -0.05) is 0 Å². The summed E-state index contributed by atoms with van der Waals surface area (Å²) in [5.41, 5.74) is 5.35. The fourth-order valence-corrected chi connectivity index (χ4v) is 0.971. The highest BCUT2D eigenvalue weighted by atomic mass is 19.1. The number of nitrogens with two attached hydrogens (primary N) is 1. The maximum Gasteiger partial charge on any atom is 0.322 e. The number of carbonyl (C=O) groups is 1. The van der Waals surface area contributed by atoms with Crippen LogP contribution < -0.4 is 11.1 Å². The standard InChI is InChI=1S/C9H10F2N2O2/c10-5-1-6(11)3-7(2-5)13-4-8(12)9(14)15/h1-3,8,13H,4,12H2,(H,14,15). The first-order chi connectivity index (χ1) is 6.99. The number of rotatable bonds is 4. The Hall–Kier alpha value is -1.69. The molecule has 4 N–H and O–H groups in total. The van der Waals surface area contributed by atoms with Crippen LogP contribution in [0.15, 0.2) is 18.2 Å². The molecular weight excluding hydrogens is 206 g/mol. The lowest BCUT2D eigenvalue weighted by Gasteiger charge is -2.09. The number of benzene rings is 1. The predicted octanol–water partition coefficient (Wildman–Crippen LogP) is 0.789. The third-order valence-electron chi connectivity index (χ3n) is 1.71. The van der Waals surface area contributed by atoms with Gasteiger partial charge in [0.05, 0.1) is 0 Å². The lowest BCUT2D eigenvalue weighted by molar-refractivity contribution is -0.138. The predicted molar refractivity (Wildman–Crippen MR) is 50.5 cm³/mol. The largest absolute Gasteiger partial charge is 0.480 e. The van der Waals surface area contributed by atoms with Crippen LogP contribution >= 0.6 is 0 Å². The first-order valence-electron chi connectivity index (χ1n) is 4.17. The van der Waals surface area contributed by atoms with Gasteiger partial charge in [0.15, 0.2) is 0 Å². The van der Waals surface area contributed by atoms with Crippen LogP contribution in [0, 0.1) is 11.6 Å². The lowest BCUT2D eigenvalue weighted by atomic mass is 10.2. The molecule has 6 heteroatoms. The number of hydrogen-bond acceptors (Lipinski definition) is 3. The summed E-state index contributed by atoms with van der Waals surface area (Å²) in [5, 5.41) is 11.0. The molecule has 0 heterocycles. The number of nitrogens with one attached hydrogen (secondary N) is 1. The fourth-order valence-electron chi connectivity index (χ4n) is 0.971. The number of aliphatic carboxylic acids is 1. The monoisotopic (exact) mass is 216 g/mol. The van der Waals surface area contributed by atoms with Crippen molar-refractivity contribution in [2.24, 2.45) is 5.73 Å². The van der Waals surface area contributed by atoms with Gasteiger partial charge in [0.1, 0.15) is 17.7 Å². The van der Waals surface area contributed by atoms with Crippen LogP contribution in [-0.4, -0.2) is 23.7 Å². The molecular formula is C9H10F2N2O2. The minimum Gasteiger partial charge on any atom is -0.480 e. The number of anilines is 1. The highest BCUT2D eigenvalue weighted by molar-refractivity contribution is 5.74. The quantitative estimate of drug-likeness (QED) is 0.695. The molecule has 0 saturated carbocycles. The second-order valence-corrected chi connectivity index (χ2v) is 2.98. The molecule has 0 radical (unpaired) electrons. The van der Waals surface area contributed by atoms with Gasteiger partial charge in [-0.2, -0.15) is 0 Å². The summed E-state index contributed by atoms with van der Waals surface area (Å²) in [6.07, 6.45) is 0. The van der Waals surface area contributed by atoms with Gasteiger partial charge in [-0.3, -0.25) is 4.79 Å². The number of carboxylic acid groups (broad SMARTS) is 1. The van der Waals surface area contributed by atoms with Gasteiger partial charge in [0, 0.05) is 18.3 Å². The van der Waals surface area contributed by atoms with E-state index < -0.39 is 23.6 Å². The van der Waals surface area contributed by atoms with Crippen molar-refractivity contribution in [1.29, 1.82) is 0 Å². The lowest BCUT2D eigenvalue weighted by Crippen LogP contribution is -2.36. The van der Waals surface area contributed by atoms with Crippen LogP contribution in [0.3, 0.4) is 0 Å². The Bertz CT molecular complexity index is 351. The van der Waals surface area contributed by atoms with E-state index in [0.717, 1.165) is 18.2 Å². The summed E-state index contributed by atoms with van der Waals surface area (Å²) in [5.74, 6) is -2.65. The number of halogens is 2. The smallest absolute Gasteiger partial charge is 0.322 e. The third-order valence-corrected chi connectivity index (χ3v) is 1.71. The van der Waals surface area contributed by atoms with Crippen molar-refractivity contribution in [3.63, 3.8) is 0 Å². The molecule has 1 rings (SSSR count). The van der Waals surface area contributed by atoms with Gasteiger partial charge in [-0.05, 0) is 12.1 Å². The van der Waals surface area contributed by atoms with Crippen LogP contribution in [0.5, 0.6) is 0 Å². The van der Waals surface area contributed by atoms with Crippen molar-refractivity contribution in [2.45, 2.75) is 6.04 Å². The van der Waals surface area contributed by atoms with Gasteiger partial charge in [0.25, 0.3) is 0 Å². The van der Waals surface area contributed by atoms with E-state index in [4.69, 9.17) is 10.8 Å². The molecule has 1 atom stereocenters. The Morgan fingerprint density at radius 3 is 2.40 bits per heavy atom. The average molecular weight is 216 g/mol. The van der Waals surface area contributed by atoms with Gasteiger partial charge in [0.2, 0.25) is 0 Å². The van der Waals surface area contributed by atoms with Gasteiger partial charge in [-0.25, -0.2) is 8.78 Å². The maximum absolute atomic E-state index is 12.7. The molecule has 1 unspecified atom stereocenters. The molecule has 1 aromatic carbocycles. The third kappa shape index (κ3) is 3.51. The van der Waals surface area contributed by atoms with E-state index in [2.05, 4.69) is 5.32 Å². The Balaban J connectivity index is 2.61. The summed E-state index contributed by atoms with van der Waals surface area (Å²) < 4.78 is 25.4. The number of carboxylic acids is 1. The van der Waals surface area contributed by atoms with Gasteiger partial charge in [-0.15, -0.1) is 0 Å². The molecule has 0 amide bonds. The zero-order valence-electron chi connectivity index (χ0n) is 7.71. The van der Waals surface area contributed by atoms with E-state index >= 15 is 0 Å². The van der Waals surface area contributed by atoms with E-state index in [0.29, 0.717) is 0 Å². The molecule has 0 bridgehead atoms. The van der Waals surface area contributed by atoms with Crippen molar-refractivity contribution in [1.82, 2.24) is 0 Å². The van der Waals surface area contributed by atoms with E-state index in [1.165, 1.54) is 0 Å². The normalized spacial score (nSPS) is 12.2. The van der Waals surface area contributed by atoms with Crippen LogP contribution in [-0.2, 0) is 4.79 Å². The van der Waals surface area contributed by atoms with E-state index in [9.17, 15) is 13.6 Å². The van der Waals surface area contributed by atoms with Crippen LogP contribution in [0.1, 0.15) is 0 Å². The molecule has 0 aliphatic rings. The minimum absolute atomic E-state index is 0.0990. The van der Waals surface area contributed by atoms with Crippen LogP contribution in [0.4, 0.5) is 14.5 Å². The second kappa shape index (κ2) is 4.70. The Morgan fingerprint density at radius 1 is 1.40 bits per heavy atom. The molecule has 82 valence electrons. The van der Waals surface area contributed by atoms with Crippen molar-refractivity contribution < 1.29 is 18.7 Å². The van der Waals surface area contributed by atoms with Crippen molar-refractivity contribution in [3.8, 4) is 0 Å². The average Bonchev–Trinajstić information content (AvgIpc) is 2.12. The highest BCUT2D eigenvalue weighted by Gasteiger charge is 2.10. The zero-order valence-corrected chi connectivity index (χ0v) is 7.71. The first-order valence-corrected chi connectivity index (χ1v) is 4.17. The summed E-state index contributed by atoms with van der Waals surface area (Å²) >= 11 is 0. The Morgan fingerprint density at radius 2 is 1.93 bits per heavy atom. The topological polar surface area (TPSA) is 75.3 Å². The summed E-state index contributed by atoms with van der Waals surface area (Å²) in [7, 11) is 0. The molecule has 4 nitrogen and oxygen atoms in total. The highest BCUT2D eigenvalue weighted by Crippen LogP contribution is 2.12. The summed E-state index contributed by atoms with van der Waals surface area (Å²) in [4.78, 5) is 10.3. The molecule has 1 aromatic rings. The Labute approximate surface area is 84.7 Å². The SMILES string of the molecule is NC(CNc1cc(F)cc(F)c1)C(=O)O. The Kier molecular flexibility index (Phi) is 3.56. The van der Waals surface area contributed by atoms with Crippen molar-refractivity contribution in [2.75, 3.05) is 11.9 Å². The number of hydrogen-bond donors (Lipinski definition) is 3. The molecule has 0 spiro atoms. The summed E-state index contributed by atoms with van der Waals surface area (Å²) in [6, 6.07) is 1.72. The fraction of sp³-hybridized carbons (Fsp3) is 0.222. The maximum atomic E-state index is 12.7. The van der Waals surface area contributed by atoms with Crippen LogP contribution in [0.2, 0.25) is 0 Å². The van der Waals surface area contributed by atoms with E-state index in [1.807, 2.05) is 0 Å². The molecule has 0 aliphatic heterocycles. The van der Waals surface area contributed by atoms with Crippen molar-refractivity contribution in [3.05, 3.63) is 29.8 Å². The van der Waals surface area contributed by atoms with Crippen LogP contribution in [0.25, 0.3) is 0 Å². The van der Waals surface area contributed by atoms with E-state index in [1.54, 1.807) is 0 Å². The zero-order chi connectivity index (χ0) is 11.4. The van der Waals surface area contributed by atoms with Crippen molar-refractivity contribution >= 4 is 11.7 Å². The summed E-state index contributed by atoms with van der Waals surface area (Å²) in [6.45, 7) is -0.0990. The molecule has 0 saturated heterocycles. The first kappa shape index (κ1) is 11.4. The molecule has 0 fully saturated rings. The van der Waals surface area contributed by atoms with E-state index in [-0.39, 0.29) is 12.2 Å². The second-order valence-electron chi connectivity index (χ2n) is 2.98. The van der Waals surface area contributed by atoms with Gasteiger partial charge < -0.3 is 16.2 Å². The molecule has 0 aliphatic carbocycles. The molecule has 15 heavy (non-hydrogen) atoms.